The number of aliphatic hydroxyl groups is 1. The standard InChI is InChI=1S/C14H24N2O2S/c1-14(2,3)19-9-12-15-13(18-16-12)8-11(17)10-6-4-5-7-10/h10-11,17H,4-9H2,1-3H3. The van der Waals surface area contributed by atoms with Gasteiger partial charge in [-0.25, -0.2) is 0 Å². The number of hydrogen-bond donors (Lipinski definition) is 1. The Bertz CT molecular complexity index is 394. The van der Waals surface area contributed by atoms with Crippen LogP contribution in [-0.4, -0.2) is 26.1 Å². The Morgan fingerprint density at radius 2 is 2.05 bits per heavy atom. The summed E-state index contributed by atoms with van der Waals surface area (Å²) >= 11 is 1.80. The van der Waals surface area contributed by atoms with Crippen molar-refractivity contribution in [2.45, 2.75) is 69.5 Å². The average molecular weight is 284 g/mol. The van der Waals surface area contributed by atoms with Crippen LogP contribution in [0.5, 0.6) is 0 Å². The van der Waals surface area contributed by atoms with E-state index in [-0.39, 0.29) is 10.9 Å². The Labute approximate surface area is 119 Å². The first-order chi connectivity index (χ1) is 8.94. The molecule has 1 unspecified atom stereocenters. The number of hydrogen-bond acceptors (Lipinski definition) is 5. The molecule has 0 spiro atoms. The lowest BCUT2D eigenvalue weighted by Crippen LogP contribution is -2.20. The van der Waals surface area contributed by atoms with Gasteiger partial charge >= 0.3 is 0 Å². The SMILES string of the molecule is CC(C)(C)SCc1noc(CC(O)C2CCCC2)n1. The van der Waals surface area contributed by atoms with E-state index in [4.69, 9.17) is 4.52 Å². The van der Waals surface area contributed by atoms with Crippen LogP contribution < -0.4 is 0 Å². The highest BCUT2D eigenvalue weighted by atomic mass is 32.2. The van der Waals surface area contributed by atoms with Crippen LogP contribution in [0, 0.1) is 5.92 Å². The highest BCUT2D eigenvalue weighted by molar-refractivity contribution is 7.99. The Balaban J connectivity index is 1.83. The molecule has 1 aliphatic carbocycles. The molecule has 0 amide bonds. The molecule has 0 saturated heterocycles. The topological polar surface area (TPSA) is 59.2 Å². The van der Waals surface area contributed by atoms with Gasteiger partial charge in [0.1, 0.15) is 0 Å². The Morgan fingerprint density at radius 1 is 1.37 bits per heavy atom. The number of nitrogens with zero attached hydrogens (tertiary/aromatic N) is 2. The molecule has 1 aliphatic rings. The van der Waals surface area contributed by atoms with Crippen LogP contribution in [0.2, 0.25) is 0 Å². The number of aliphatic hydroxyl groups excluding tert-OH is 1. The Hall–Kier alpha value is -0.550. The number of aromatic nitrogens is 2. The summed E-state index contributed by atoms with van der Waals surface area (Å²) in [6.45, 7) is 6.51. The monoisotopic (exact) mass is 284 g/mol. The van der Waals surface area contributed by atoms with Gasteiger partial charge in [0.15, 0.2) is 5.82 Å². The van der Waals surface area contributed by atoms with Gasteiger partial charge in [-0.05, 0) is 18.8 Å². The van der Waals surface area contributed by atoms with Crippen molar-refractivity contribution in [3.05, 3.63) is 11.7 Å². The molecule has 1 fully saturated rings. The molecule has 1 aromatic rings. The lowest BCUT2D eigenvalue weighted by atomic mass is 9.98. The third kappa shape index (κ3) is 4.80. The van der Waals surface area contributed by atoms with Crippen molar-refractivity contribution in [3.63, 3.8) is 0 Å². The van der Waals surface area contributed by atoms with Gasteiger partial charge < -0.3 is 9.63 Å². The molecule has 2 rings (SSSR count). The molecule has 0 aromatic carbocycles. The molecule has 4 nitrogen and oxygen atoms in total. The molecule has 0 bridgehead atoms. The van der Waals surface area contributed by atoms with Crippen LogP contribution in [0.25, 0.3) is 0 Å². The smallest absolute Gasteiger partial charge is 0.229 e. The fraction of sp³-hybridized carbons (Fsp3) is 0.857. The van der Waals surface area contributed by atoms with Crippen LogP contribution >= 0.6 is 11.8 Å². The molecule has 1 aromatic heterocycles. The molecule has 1 saturated carbocycles. The van der Waals surface area contributed by atoms with E-state index in [0.717, 1.165) is 24.4 Å². The highest BCUT2D eigenvalue weighted by Gasteiger charge is 2.25. The van der Waals surface area contributed by atoms with Gasteiger partial charge in [-0.15, -0.1) is 11.8 Å². The zero-order chi connectivity index (χ0) is 13.9. The summed E-state index contributed by atoms with van der Waals surface area (Å²) in [6, 6.07) is 0. The summed E-state index contributed by atoms with van der Waals surface area (Å²) in [5, 5.41) is 14.1. The second kappa shape index (κ2) is 6.27. The van der Waals surface area contributed by atoms with Crippen molar-refractivity contribution in [2.75, 3.05) is 0 Å². The first-order valence-corrected chi connectivity index (χ1v) is 8.06. The fourth-order valence-corrected chi connectivity index (χ4v) is 3.08. The van der Waals surface area contributed by atoms with Gasteiger partial charge in [-0.1, -0.05) is 38.8 Å². The minimum Gasteiger partial charge on any atom is -0.392 e. The number of thioether (sulfide) groups is 1. The molecule has 19 heavy (non-hydrogen) atoms. The zero-order valence-corrected chi connectivity index (χ0v) is 12.9. The average Bonchev–Trinajstić information content (AvgIpc) is 2.96. The van der Waals surface area contributed by atoms with Crippen LogP contribution in [0.3, 0.4) is 0 Å². The normalized spacial score (nSPS) is 18.9. The van der Waals surface area contributed by atoms with Gasteiger partial charge in [0, 0.05) is 4.75 Å². The second-order valence-electron chi connectivity index (χ2n) is 6.32. The summed E-state index contributed by atoms with van der Waals surface area (Å²) in [5.41, 5.74) is 0. The van der Waals surface area contributed by atoms with E-state index in [1.807, 2.05) is 0 Å². The van der Waals surface area contributed by atoms with Gasteiger partial charge in [0.2, 0.25) is 5.89 Å². The molecule has 1 atom stereocenters. The Kier molecular flexibility index (Phi) is 4.90. The maximum absolute atomic E-state index is 10.1. The van der Waals surface area contributed by atoms with Crippen LogP contribution in [-0.2, 0) is 12.2 Å². The van der Waals surface area contributed by atoms with Crippen molar-refractivity contribution in [1.82, 2.24) is 10.1 Å². The summed E-state index contributed by atoms with van der Waals surface area (Å²) in [4.78, 5) is 4.37. The predicted octanol–water partition coefficient (Wildman–Crippen LogP) is 3.19. The lowest BCUT2D eigenvalue weighted by Gasteiger charge is -2.15. The lowest BCUT2D eigenvalue weighted by molar-refractivity contribution is 0.102. The van der Waals surface area contributed by atoms with Crippen LogP contribution in [0.15, 0.2) is 4.52 Å². The van der Waals surface area contributed by atoms with Crippen molar-refractivity contribution >= 4 is 11.8 Å². The molecule has 0 radical (unpaired) electrons. The van der Waals surface area contributed by atoms with Gasteiger partial charge in [0.25, 0.3) is 0 Å². The maximum Gasteiger partial charge on any atom is 0.229 e. The van der Waals surface area contributed by atoms with Gasteiger partial charge in [0.05, 0.1) is 18.3 Å². The number of rotatable bonds is 5. The molecule has 0 aliphatic heterocycles. The highest BCUT2D eigenvalue weighted by Crippen LogP contribution is 2.29. The van der Waals surface area contributed by atoms with Crippen molar-refractivity contribution in [2.24, 2.45) is 5.92 Å². The van der Waals surface area contributed by atoms with E-state index in [1.165, 1.54) is 12.8 Å². The van der Waals surface area contributed by atoms with E-state index in [0.29, 0.717) is 18.2 Å². The third-order valence-corrected chi connectivity index (χ3v) is 4.74. The van der Waals surface area contributed by atoms with E-state index in [9.17, 15) is 5.11 Å². The first-order valence-electron chi connectivity index (χ1n) is 7.07. The molecule has 5 heteroatoms. The quantitative estimate of drug-likeness (QED) is 0.899. The van der Waals surface area contributed by atoms with Crippen LogP contribution in [0.1, 0.15) is 58.2 Å². The summed E-state index contributed by atoms with van der Waals surface area (Å²) in [6.07, 6.45) is 4.89. The van der Waals surface area contributed by atoms with E-state index in [2.05, 4.69) is 30.9 Å². The van der Waals surface area contributed by atoms with Crippen LogP contribution in [0.4, 0.5) is 0 Å². The summed E-state index contributed by atoms with van der Waals surface area (Å²) < 4.78 is 5.42. The van der Waals surface area contributed by atoms with Crippen molar-refractivity contribution in [1.29, 1.82) is 0 Å². The minimum absolute atomic E-state index is 0.199. The summed E-state index contributed by atoms with van der Waals surface area (Å²) in [7, 11) is 0. The van der Waals surface area contributed by atoms with E-state index in [1.54, 1.807) is 11.8 Å². The zero-order valence-electron chi connectivity index (χ0n) is 12.1. The fourth-order valence-electron chi connectivity index (χ4n) is 2.40. The van der Waals surface area contributed by atoms with Gasteiger partial charge in [-0.3, -0.25) is 0 Å². The predicted molar refractivity (Wildman–Crippen MR) is 77.0 cm³/mol. The molecular weight excluding hydrogens is 260 g/mol. The minimum atomic E-state index is -0.328. The maximum atomic E-state index is 10.1. The van der Waals surface area contributed by atoms with E-state index >= 15 is 0 Å². The van der Waals surface area contributed by atoms with Gasteiger partial charge in [-0.2, -0.15) is 4.98 Å². The third-order valence-electron chi connectivity index (χ3n) is 3.47. The van der Waals surface area contributed by atoms with E-state index < -0.39 is 0 Å². The largest absolute Gasteiger partial charge is 0.392 e. The molecule has 108 valence electrons. The van der Waals surface area contributed by atoms with Crippen molar-refractivity contribution < 1.29 is 9.63 Å². The molecule has 1 N–H and O–H groups in total. The summed E-state index contributed by atoms with van der Waals surface area (Å²) in [5.74, 6) is 2.48. The Morgan fingerprint density at radius 3 is 2.68 bits per heavy atom. The van der Waals surface area contributed by atoms with Crippen molar-refractivity contribution in [3.8, 4) is 0 Å². The molecule has 1 heterocycles. The second-order valence-corrected chi connectivity index (χ2v) is 8.12. The molecular formula is C14H24N2O2S. The first kappa shape index (κ1) is 14.9.